The Morgan fingerprint density at radius 1 is 1.28 bits per heavy atom. The maximum Gasteiger partial charge on any atom is 0.108 e. The minimum absolute atomic E-state index is 0.670. The number of nitrogens with zero attached hydrogens (tertiary/aromatic N) is 5. The van der Waals surface area contributed by atoms with Gasteiger partial charge in [-0.2, -0.15) is 5.10 Å². The van der Waals surface area contributed by atoms with Gasteiger partial charge in [-0.05, 0) is 37.4 Å². The van der Waals surface area contributed by atoms with E-state index in [4.69, 9.17) is 0 Å². The zero-order chi connectivity index (χ0) is 17.1. The third kappa shape index (κ3) is 3.64. The minimum atomic E-state index is 0.670. The molecule has 130 valence electrons. The van der Waals surface area contributed by atoms with Gasteiger partial charge in [0, 0.05) is 62.5 Å². The molecule has 0 spiro atoms. The zero-order valence-electron chi connectivity index (χ0n) is 14.6. The monoisotopic (exact) mass is 336 g/mol. The van der Waals surface area contributed by atoms with E-state index in [1.54, 1.807) is 6.20 Å². The fourth-order valence-corrected chi connectivity index (χ4v) is 3.75. The van der Waals surface area contributed by atoms with Gasteiger partial charge in [0.1, 0.15) is 5.82 Å². The number of aromatic amines is 1. The average molecular weight is 336 g/mol. The summed E-state index contributed by atoms with van der Waals surface area (Å²) in [6.07, 6.45) is 13.1. The van der Waals surface area contributed by atoms with Crippen molar-refractivity contribution in [3.05, 3.63) is 54.5 Å². The molecule has 3 aromatic rings. The summed E-state index contributed by atoms with van der Waals surface area (Å²) in [5.74, 6) is 1.86. The van der Waals surface area contributed by atoms with E-state index < -0.39 is 0 Å². The molecule has 0 amide bonds. The predicted molar refractivity (Wildman–Crippen MR) is 96.7 cm³/mol. The summed E-state index contributed by atoms with van der Waals surface area (Å²) < 4.78 is 2.13. The summed E-state index contributed by atoms with van der Waals surface area (Å²) in [6, 6.07) is 4.04. The van der Waals surface area contributed by atoms with E-state index in [0.29, 0.717) is 5.92 Å². The Morgan fingerprint density at radius 2 is 2.24 bits per heavy atom. The molecule has 1 fully saturated rings. The Morgan fingerprint density at radius 3 is 3.04 bits per heavy atom. The van der Waals surface area contributed by atoms with Crippen molar-refractivity contribution < 1.29 is 0 Å². The van der Waals surface area contributed by atoms with E-state index in [-0.39, 0.29) is 0 Å². The van der Waals surface area contributed by atoms with Gasteiger partial charge in [0.05, 0.1) is 11.9 Å². The van der Waals surface area contributed by atoms with Gasteiger partial charge in [-0.3, -0.25) is 15.0 Å². The Hall–Kier alpha value is -2.47. The molecular weight excluding hydrogens is 312 g/mol. The molecule has 4 heterocycles. The molecule has 4 rings (SSSR count). The summed E-state index contributed by atoms with van der Waals surface area (Å²) in [5, 5.41) is 7.40. The lowest BCUT2D eigenvalue weighted by atomic mass is 9.94. The van der Waals surface area contributed by atoms with Gasteiger partial charge in [0.2, 0.25) is 0 Å². The largest absolute Gasteiger partial charge is 0.338 e. The molecule has 0 aromatic carbocycles. The lowest BCUT2D eigenvalue weighted by Gasteiger charge is -2.32. The average Bonchev–Trinajstić information content (AvgIpc) is 3.26. The van der Waals surface area contributed by atoms with Crippen LogP contribution >= 0.6 is 0 Å². The molecule has 1 aliphatic rings. The van der Waals surface area contributed by atoms with Crippen molar-refractivity contribution in [1.82, 2.24) is 29.6 Å². The fourth-order valence-electron chi connectivity index (χ4n) is 3.75. The van der Waals surface area contributed by atoms with E-state index in [1.807, 2.05) is 30.9 Å². The summed E-state index contributed by atoms with van der Waals surface area (Å²) in [6.45, 7) is 3.19. The molecule has 0 unspecified atom stereocenters. The van der Waals surface area contributed by atoms with Crippen LogP contribution in [0.2, 0.25) is 0 Å². The number of piperidine rings is 1. The highest BCUT2D eigenvalue weighted by molar-refractivity contribution is 5.61. The second-order valence-electron chi connectivity index (χ2n) is 6.91. The lowest BCUT2D eigenvalue weighted by molar-refractivity contribution is 0.165. The SMILES string of the molecule is Cn1ccnc1C[C@@H]1CCCN(Cc2cn[nH]c2-c2cccnc2)C1. The number of hydrogen-bond donors (Lipinski definition) is 1. The van der Waals surface area contributed by atoms with Crippen molar-refractivity contribution in [2.24, 2.45) is 13.0 Å². The molecular formula is C19H24N6. The Balaban J connectivity index is 1.43. The van der Waals surface area contributed by atoms with Crippen LogP contribution in [-0.4, -0.2) is 42.7 Å². The first-order valence-corrected chi connectivity index (χ1v) is 8.91. The maximum absolute atomic E-state index is 4.49. The number of rotatable bonds is 5. The first-order valence-electron chi connectivity index (χ1n) is 8.91. The molecule has 6 heteroatoms. The van der Waals surface area contributed by atoms with E-state index in [2.05, 4.69) is 42.7 Å². The van der Waals surface area contributed by atoms with Gasteiger partial charge in [-0.1, -0.05) is 0 Å². The number of pyridine rings is 1. The highest BCUT2D eigenvalue weighted by atomic mass is 15.2. The molecule has 3 aromatic heterocycles. The molecule has 0 radical (unpaired) electrons. The number of hydrogen-bond acceptors (Lipinski definition) is 4. The number of likely N-dealkylation sites (tertiary alicyclic amines) is 1. The summed E-state index contributed by atoms with van der Waals surface area (Å²) in [4.78, 5) is 11.3. The molecule has 0 bridgehead atoms. The lowest BCUT2D eigenvalue weighted by Crippen LogP contribution is -2.36. The van der Waals surface area contributed by atoms with Crippen LogP contribution in [0.5, 0.6) is 0 Å². The van der Waals surface area contributed by atoms with Crippen molar-refractivity contribution in [2.75, 3.05) is 13.1 Å². The Labute approximate surface area is 147 Å². The van der Waals surface area contributed by atoms with Crippen LogP contribution < -0.4 is 0 Å². The molecule has 0 aliphatic carbocycles. The second kappa shape index (κ2) is 7.19. The van der Waals surface area contributed by atoms with Crippen molar-refractivity contribution in [3.63, 3.8) is 0 Å². The van der Waals surface area contributed by atoms with Crippen LogP contribution in [-0.2, 0) is 20.0 Å². The number of imidazole rings is 1. The highest BCUT2D eigenvalue weighted by Crippen LogP contribution is 2.25. The second-order valence-corrected chi connectivity index (χ2v) is 6.91. The van der Waals surface area contributed by atoms with Gasteiger partial charge in [-0.15, -0.1) is 0 Å². The first-order chi connectivity index (χ1) is 12.3. The zero-order valence-corrected chi connectivity index (χ0v) is 14.6. The molecule has 25 heavy (non-hydrogen) atoms. The third-order valence-electron chi connectivity index (χ3n) is 5.06. The van der Waals surface area contributed by atoms with Crippen LogP contribution in [0.4, 0.5) is 0 Å². The van der Waals surface area contributed by atoms with Gasteiger partial charge >= 0.3 is 0 Å². The van der Waals surface area contributed by atoms with E-state index in [0.717, 1.165) is 37.3 Å². The normalized spacial score (nSPS) is 18.5. The topological polar surface area (TPSA) is 62.6 Å². The predicted octanol–water partition coefficient (Wildman–Crippen LogP) is 2.66. The smallest absolute Gasteiger partial charge is 0.108 e. The van der Waals surface area contributed by atoms with Crippen molar-refractivity contribution in [1.29, 1.82) is 0 Å². The van der Waals surface area contributed by atoms with Crippen LogP contribution in [0.15, 0.2) is 43.1 Å². The summed E-state index contributed by atoms with van der Waals surface area (Å²) >= 11 is 0. The van der Waals surface area contributed by atoms with Crippen LogP contribution in [0.25, 0.3) is 11.3 Å². The Bertz CT molecular complexity index is 806. The summed E-state index contributed by atoms with van der Waals surface area (Å²) in [7, 11) is 2.08. The molecule has 1 aliphatic heterocycles. The minimum Gasteiger partial charge on any atom is -0.338 e. The van der Waals surface area contributed by atoms with Crippen LogP contribution in [0.1, 0.15) is 24.2 Å². The van der Waals surface area contributed by atoms with Crippen LogP contribution in [0, 0.1) is 5.92 Å². The van der Waals surface area contributed by atoms with Crippen molar-refractivity contribution in [2.45, 2.75) is 25.8 Å². The van der Waals surface area contributed by atoms with Gasteiger partial charge in [-0.25, -0.2) is 4.98 Å². The van der Waals surface area contributed by atoms with Crippen molar-refractivity contribution in [3.8, 4) is 11.3 Å². The summed E-state index contributed by atoms with van der Waals surface area (Å²) in [5.41, 5.74) is 3.42. The number of aromatic nitrogens is 5. The van der Waals surface area contributed by atoms with Crippen LogP contribution in [0.3, 0.4) is 0 Å². The van der Waals surface area contributed by atoms with Gasteiger partial charge in [0.15, 0.2) is 0 Å². The molecule has 1 atom stereocenters. The van der Waals surface area contributed by atoms with E-state index >= 15 is 0 Å². The molecule has 1 N–H and O–H groups in total. The number of aryl methyl sites for hydroxylation is 1. The number of H-pyrrole nitrogens is 1. The van der Waals surface area contributed by atoms with Crippen molar-refractivity contribution >= 4 is 0 Å². The molecule has 1 saturated heterocycles. The van der Waals surface area contributed by atoms with Gasteiger partial charge in [0.25, 0.3) is 0 Å². The fraction of sp³-hybridized carbons (Fsp3) is 0.421. The molecule has 0 saturated carbocycles. The first kappa shape index (κ1) is 16.0. The Kier molecular flexibility index (Phi) is 4.61. The highest BCUT2D eigenvalue weighted by Gasteiger charge is 2.22. The third-order valence-corrected chi connectivity index (χ3v) is 5.06. The van der Waals surface area contributed by atoms with E-state index in [9.17, 15) is 0 Å². The maximum atomic E-state index is 4.49. The van der Waals surface area contributed by atoms with E-state index in [1.165, 1.54) is 24.2 Å². The van der Waals surface area contributed by atoms with Gasteiger partial charge < -0.3 is 4.57 Å². The molecule has 6 nitrogen and oxygen atoms in total. The number of nitrogens with one attached hydrogen (secondary N) is 1. The standard InChI is InChI=1S/C19H24N6/c1-24-9-7-21-18(24)10-15-4-3-8-25(13-15)14-17-12-22-23-19(17)16-5-2-6-20-11-16/h2,5-7,9,11-12,15H,3-4,8,10,13-14H2,1H3,(H,22,23)/t15-/m0/s1. The quantitative estimate of drug-likeness (QED) is 0.778.